The summed E-state index contributed by atoms with van der Waals surface area (Å²) in [5, 5.41) is 0. The number of aryl methyl sites for hydroxylation is 1. The van der Waals surface area contributed by atoms with Crippen molar-refractivity contribution < 1.29 is 4.79 Å². The first-order valence-electron chi connectivity index (χ1n) is 7.05. The van der Waals surface area contributed by atoms with E-state index in [0.717, 1.165) is 37.8 Å². The molecule has 1 aliphatic rings. The molecule has 0 saturated heterocycles. The van der Waals surface area contributed by atoms with Crippen molar-refractivity contribution in [2.45, 2.75) is 45.6 Å². The van der Waals surface area contributed by atoms with Crippen molar-refractivity contribution in [3.8, 4) is 0 Å². The molecule has 0 aliphatic heterocycles. The van der Waals surface area contributed by atoms with E-state index < -0.39 is 0 Å². The molecular weight excluding hydrogens is 238 g/mol. The van der Waals surface area contributed by atoms with Crippen LogP contribution in [0.5, 0.6) is 0 Å². The Kier molecular flexibility index (Phi) is 4.43. The molecule has 19 heavy (non-hydrogen) atoms. The first-order chi connectivity index (χ1) is 9.17. The van der Waals surface area contributed by atoms with Gasteiger partial charge in [-0.15, -0.1) is 0 Å². The lowest BCUT2D eigenvalue weighted by Crippen LogP contribution is -2.34. The highest BCUT2D eigenvalue weighted by Gasteiger charge is 2.33. The Bertz CT molecular complexity index is 455. The minimum atomic E-state index is 0.101. The fourth-order valence-corrected chi connectivity index (χ4v) is 2.28. The van der Waals surface area contributed by atoms with Gasteiger partial charge in [0.15, 0.2) is 0 Å². The van der Waals surface area contributed by atoms with Gasteiger partial charge < -0.3 is 10.3 Å². The summed E-state index contributed by atoms with van der Waals surface area (Å²) in [6, 6.07) is 6.18. The molecule has 4 nitrogen and oxygen atoms in total. The summed E-state index contributed by atoms with van der Waals surface area (Å²) in [6.07, 6.45) is 4.42. The predicted molar refractivity (Wildman–Crippen MR) is 78.0 cm³/mol. The quantitative estimate of drug-likeness (QED) is 0.611. The molecule has 2 rings (SSSR count). The van der Waals surface area contributed by atoms with Gasteiger partial charge in [-0.05, 0) is 43.9 Å². The van der Waals surface area contributed by atoms with E-state index in [9.17, 15) is 4.79 Å². The summed E-state index contributed by atoms with van der Waals surface area (Å²) in [7, 11) is 0. The summed E-state index contributed by atoms with van der Waals surface area (Å²) >= 11 is 0. The van der Waals surface area contributed by atoms with Crippen molar-refractivity contribution in [1.82, 2.24) is 4.90 Å². The third-order valence-electron chi connectivity index (χ3n) is 3.56. The van der Waals surface area contributed by atoms with Crippen molar-refractivity contribution in [2.24, 2.45) is 5.84 Å². The first-order valence-corrected chi connectivity index (χ1v) is 7.05. The Labute approximate surface area is 114 Å². The molecule has 4 heteroatoms. The van der Waals surface area contributed by atoms with Crippen LogP contribution >= 0.6 is 0 Å². The fourth-order valence-electron chi connectivity index (χ4n) is 2.28. The summed E-state index contributed by atoms with van der Waals surface area (Å²) in [5.41, 5.74) is 5.13. The van der Waals surface area contributed by atoms with Crippen LogP contribution in [0.2, 0.25) is 0 Å². The monoisotopic (exact) mass is 261 g/mol. The Balaban J connectivity index is 2.20. The molecule has 0 unspecified atom stereocenters. The molecule has 0 heterocycles. The summed E-state index contributed by atoms with van der Waals surface area (Å²) in [6.45, 7) is 4.98. The van der Waals surface area contributed by atoms with Gasteiger partial charge in [0.1, 0.15) is 0 Å². The zero-order valence-electron chi connectivity index (χ0n) is 11.8. The van der Waals surface area contributed by atoms with Crippen LogP contribution in [-0.2, 0) is 0 Å². The first kappa shape index (κ1) is 13.9. The van der Waals surface area contributed by atoms with E-state index in [1.807, 2.05) is 30.0 Å². The second-order valence-electron chi connectivity index (χ2n) is 5.28. The van der Waals surface area contributed by atoms with E-state index in [0.29, 0.717) is 17.3 Å². The second kappa shape index (κ2) is 6.06. The van der Waals surface area contributed by atoms with E-state index >= 15 is 0 Å². The van der Waals surface area contributed by atoms with Gasteiger partial charge in [-0.1, -0.05) is 19.4 Å². The molecule has 104 valence electrons. The van der Waals surface area contributed by atoms with Crippen molar-refractivity contribution >= 4 is 11.6 Å². The molecular formula is C15H23N3O. The number of hydrazine groups is 1. The van der Waals surface area contributed by atoms with Gasteiger partial charge in [0.25, 0.3) is 5.91 Å². The molecule has 0 spiro atoms. The number of carbonyl (C=O) groups excluding carboxylic acids is 1. The van der Waals surface area contributed by atoms with Crippen molar-refractivity contribution in [2.75, 3.05) is 12.0 Å². The van der Waals surface area contributed by atoms with Crippen LogP contribution < -0.4 is 11.3 Å². The molecule has 1 fully saturated rings. The Morgan fingerprint density at radius 2 is 2.21 bits per heavy atom. The number of unbranched alkanes of at least 4 members (excludes halogenated alkanes) is 1. The number of nitrogens with zero attached hydrogens (tertiary/aromatic N) is 1. The van der Waals surface area contributed by atoms with Crippen LogP contribution in [0.15, 0.2) is 18.2 Å². The number of anilines is 1. The fraction of sp³-hybridized carbons (Fsp3) is 0.533. The molecule has 1 saturated carbocycles. The SMILES string of the molecule is CCCCN(C(=O)c1ccc(C)cc1NN)C1CC1. The van der Waals surface area contributed by atoms with E-state index in [4.69, 9.17) is 5.84 Å². The molecule has 0 atom stereocenters. The molecule has 0 aromatic heterocycles. The summed E-state index contributed by atoms with van der Waals surface area (Å²) in [4.78, 5) is 14.7. The number of rotatable bonds is 6. The normalized spacial score (nSPS) is 14.3. The van der Waals surface area contributed by atoms with E-state index in [-0.39, 0.29) is 5.91 Å². The van der Waals surface area contributed by atoms with Crippen LogP contribution in [0, 0.1) is 6.92 Å². The van der Waals surface area contributed by atoms with Crippen LogP contribution in [0.4, 0.5) is 5.69 Å². The Morgan fingerprint density at radius 1 is 1.47 bits per heavy atom. The molecule has 1 aromatic rings. The topological polar surface area (TPSA) is 58.4 Å². The van der Waals surface area contributed by atoms with Gasteiger partial charge >= 0.3 is 0 Å². The minimum Gasteiger partial charge on any atom is -0.336 e. The number of nitrogen functional groups attached to an aromatic ring is 1. The third kappa shape index (κ3) is 3.26. The maximum atomic E-state index is 12.7. The summed E-state index contributed by atoms with van der Waals surface area (Å²) in [5.74, 6) is 5.63. The zero-order chi connectivity index (χ0) is 13.8. The van der Waals surface area contributed by atoms with Crippen molar-refractivity contribution in [3.05, 3.63) is 29.3 Å². The number of carbonyl (C=O) groups is 1. The number of benzene rings is 1. The van der Waals surface area contributed by atoms with Crippen LogP contribution in [0.25, 0.3) is 0 Å². The number of amides is 1. The highest BCUT2D eigenvalue weighted by Crippen LogP contribution is 2.30. The molecule has 0 bridgehead atoms. The number of nitrogens with two attached hydrogens (primary N) is 1. The smallest absolute Gasteiger partial charge is 0.256 e. The van der Waals surface area contributed by atoms with Gasteiger partial charge in [0, 0.05) is 12.6 Å². The second-order valence-corrected chi connectivity index (χ2v) is 5.28. The largest absolute Gasteiger partial charge is 0.336 e. The van der Waals surface area contributed by atoms with Crippen molar-refractivity contribution in [1.29, 1.82) is 0 Å². The maximum absolute atomic E-state index is 12.7. The van der Waals surface area contributed by atoms with Gasteiger partial charge in [-0.3, -0.25) is 10.6 Å². The predicted octanol–water partition coefficient (Wildman–Crippen LogP) is 2.69. The van der Waals surface area contributed by atoms with E-state index in [2.05, 4.69) is 12.3 Å². The molecule has 1 amide bonds. The van der Waals surface area contributed by atoms with Crippen molar-refractivity contribution in [3.63, 3.8) is 0 Å². The molecule has 3 N–H and O–H groups in total. The lowest BCUT2D eigenvalue weighted by Gasteiger charge is -2.23. The zero-order valence-corrected chi connectivity index (χ0v) is 11.8. The summed E-state index contributed by atoms with van der Waals surface area (Å²) < 4.78 is 0. The number of hydrogen-bond acceptors (Lipinski definition) is 3. The van der Waals surface area contributed by atoms with Crippen LogP contribution in [0.3, 0.4) is 0 Å². The Hall–Kier alpha value is -1.55. The van der Waals surface area contributed by atoms with Gasteiger partial charge in [-0.2, -0.15) is 0 Å². The van der Waals surface area contributed by atoms with E-state index in [1.165, 1.54) is 0 Å². The number of nitrogens with one attached hydrogen (secondary N) is 1. The van der Waals surface area contributed by atoms with Gasteiger partial charge in [0.05, 0.1) is 11.3 Å². The van der Waals surface area contributed by atoms with Crippen LogP contribution in [-0.4, -0.2) is 23.4 Å². The van der Waals surface area contributed by atoms with E-state index in [1.54, 1.807) is 0 Å². The molecule has 0 radical (unpaired) electrons. The molecule has 1 aliphatic carbocycles. The highest BCUT2D eigenvalue weighted by atomic mass is 16.2. The van der Waals surface area contributed by atoms with Gasteiger partial charge in [-0.25, -0.2) is 0 Å². The van der Waals surface area contributed by atoms with Crippen LogP contribution in [0.1, 0.15) is 48.5 Å². The highest BCUT2D eigenvalue weighted by molar-refractivity contribution is 6.00. The third-order valence-corrected chi connectivity index (χ3v) is 3.56. The number of hydrogen-bond donors (Lipinski definition) is 2. The Morgan fingerprint density at radius 3 is 2.79 bits per heavy atom. The lowest BCUT2D eigenvalue weighted by atomic mass is 10.1. The average Bonchev–Trinajstić information content (AvgIpc) is 3.23. The maximum Gasteiger partial charge on any atom is 0.256 e. The molecule has 1 aromatic carbocycles. The standard InChI is InChI=1S/C15H23N3O/c1-3-4-9-18(12-6-7-12)15(19)13-8-5-11(2)10-14(13)17-16/h5,8,10,12,17H,3-4,6-7,9,16H2,1-2H3. The van der Waals surface area contributed by atoms with Gasteiger partial charge in [0.2, 0.25) is 0 Å². The average molecular weight is 261 g/mol. The minimum absolute atomic E-state index is 0.101. The lowest BCUT2D eigenvalue weighted by molar-refractivity contribution is 0.0741.